The third kappa shape index (κ3) is 1.89. The molecule has 2 rings (SSSR count). The van der Waals surface area contributed by atoms with Gasteiger partial charge in [0.15, 0.2) is 0 Å². The Morgan fingerprint density at radius 2 is 2.08 bits per heavy atom. The van der Waals surface area contributed by atoms with E-state index in [1.165, 1.54) is 0 Å². The third-order valence-electron chi connectivity index (χ3n) is 1.63. The topological polar surface area (TPSA) is 29.9 Å². The predicted molar refractivity (Wildman–Crippen MR) is 55.4 cm³/mol. The maximum atomic E-state index is 3.98. The van der Waals surface area contributed by atoms with E-state index in [1.54, 1.807) is 12.4 Å². The molecule has 0 amide bonds. The second kappa shape index (κ2) is 3.62. The minimum Gasteiger partial charge on any atom is -0.294 e. The maximum absolute atomic E-state index is 3.98. The van der Waals surface area contributed by atoms with Crippen molar-refractivity contribution in [2.75, 3.05) is 5.43 Å². The number of pyridine rings is 1. The van der Waals surface area contributed by atoms with Crippen LogP contribution in [-0.2, 0) is 0 Å². The van der Waals surface area contributed by atoms with Gasteiger partial charge in [0.25, 0.3) is 0 Å². The first-order valence-corrected chi connectivity index (χ1v) is 4.65. The summed E-state index contributed by atoms with van der Waals surface area (Å²) in [5.74, 6) is 0. The Morgan fingerprint density at radius 3 is 2.77 bits per heavy atom. The van der Waals surface area contributed by atoms with Crippen molar-refractivity contribution in [3.63, 3.8) is 0 Å². The first kappa shape index (κ1) is 8.31. The normalized spacial score (nSPS) is 9.92. The molecule has 2 heterocycles. The summed E-state index contributed by atoms with van der Waals surface area (Å²) in [7, 11) is 0. The van der Waals surface area contributed by atoms with Crippen LogP contribution in [0.3, 0.4) is 0 Å². The lowest BCUT2D eigenvalue weighted by molar-refractivity contribution is 0.967. The summed E-state index contributed by atoms with van der Waals surface area (Å²) in [6.07, 6.45) is 7.38. The first-order valence-electron chi connectivity index (χ1n) is 3.86. The van der Waals surface area contributed by atoms with Gasteiger partial charge in [0.2, 0.25) is 0 Å². The molecular formula is C9H8BrN3. The van der Waals surface area contributed by atoms with Crippen molar-refractivity contribution < 1.29 is 0 Å². The van der Waals surface area contributed by atoms with Gasteiger partial charge in [-0.2, -0.15) is 0 Å². The van der Waals surface area contributed by atoms with Gasteiger partial charge in [-0.15, -0.1) is 0 Å². The molecule has 2 aromatic heterocycles. The average molecular weight is 238 g/mol. The molecule has 4 heteroatoms. The SMILES string of the molecule is Brc1cnccc1Nn1cccc1. The fourth-order valence-corrected chi connectivity index (χ4v) is 1.35. The summed E-state index contributed by atoms with van der Waals surface area (Å²) >= 11 is 3.40. The van der Waals surface area contributed by atoms with Crippen LogP contribution in [0, 0.1) is 0 Å². The van der Waals surface area contributed by atoms with Crippen molar-refractivity contribution in [2.45, 2.75) is 0 Å². The zero-order valence-corrected chi connectivity index (χ0v) is 8.40. The summed E-state index contributed by atoms with van der Waals surface area (Å²) in [4.78, 5) is 3.98. The van der Waals surface area contributed by atoms with Crippen molar-refractivity contribution in [1.29, 1.82) is 0 Å². The lowest BCUT2D eigenvalue weighted by atomic mass is 10.4. The molecule has 0 bridgehead atoms. The Bertz CT molecular complexity index is 384. The van der Waals surface area contributed by atoms with Crippen molar-refractivity contribution in [2.24, 2.45) is 0 Å². The molecular weight excluding hydrogens is 230 g/mol. The van der Waals surface area contributed by atoms with Crippen LogP contribution in [0.1, 0.15) is 0 Å². The standard InChI is InChI=1S/C9H8BrN3/c10-8-7-11-4-3-9(8)12-13-5-1-2-6-13/h1-7H,(H,11,12). The van der Waals surface area contributed by atoms with Gasteiger partial charge in [0.05, 0.1) is 10.2 Å². The molecule has 0 aromatic carbocycles. The predicted octanol–water partition coefficient (Wildman–Crippen LogP) is 2.52. The van der Waals surface area contributed by atoms with Gasteiger partial charge >= 0.3 is 0 Å². The van der Waals surface area contributed by atoms with E-state index >= 15 is 0 Å². The van der Waals surface area contributed by atoms with E-state index in [4.69, 9.17) is 0 Å². The molecule has 0 radical (unpaired) electrons. The smallest absolute Gasteiger partial charge is 0.0718 e. The Labute approximate surface area is 84.5 Å². The van der Waals surface area contributed by atoms with Gasteiger partial charge in [-0.05, 0) is 34.1 Å². The van der Waals surface area contributed by atoms with E-state index in [2.05, 4.69) is 26.3 Å². The Morgan fingerprint density at radius 1 is 1.31 bits per heavy atom. The van der Waals surface area contributed by atoms with Gasteiger partial charge in [-0.3, -0.25) is 15.1 Å². The van der Waals surface area contributed by atoms with Crippen LogP contribution >= 0.6 is 15.9 Å². The number of nitrogens with zero attached hydrogens (tertiary/aromatic N) is 2. The Balaban J connectivity index is 2.24. The third-order valence-corrected chi connectivity index (χ3v) is 2.26. The van der Waals surface area contributed by atoms with Gasteiger partial charge < -0.3 is 0 Å². The van der Waals surface area contributed by atoms with E-state index in [-0.39, 0.29) is 0 Å². The van der Waals surface area contributed by atoms with Crippen molar-refractivity contribution in [3.05, 3.63) is 47.5 Å². The van der Waals surface area contributed by atoms with E-state index in [1.807, 2.05) is 35.3 Å². The van der Waals surface area contributed by atoms with Crippen LogP contribution in [-0.4, -0.2) is 9.66 Å². The van der Waals surface area contributed by atoms with E-state index in [0.29, 0.717) is 0 Å². The van der Waals surface area contributed by atoms with Crippen molar-refractivity contribution in [3.8, 4) is 0 Å². The minimum atomic E-state index is 0.948. The van der Waals surface area contributed by atoms with Crippen LogP contribution in [0.5, 0.6) is 0 Å². The molecule has 1 N–H and O–H groups in total. The summed E-state index contributed by atoms with van der Waals surface area (Å²) in [5, 5.41) is 0. The molecule has 0 spiro atoms. The Kier molecular flexibility index (Phi) is 2.31. The molecule has 0 fully saturated rings. The number of halogens is 1. The zero-order valence-electron chi connectivity index (χ0n) is 6.81. The van der Waals surface area contributed by atoms with Gasteiger partial charge in [0.1, 0.15) is 0 Å². The number of rotatable bonds is 2. The highest BCUT2D eigenvalue weighted by Gasteiger charge is 1.96. The van der Waals surface area contributed by atoms with Crippen molar-refractivity contribution >= 4 is 21.6 Å². The number of aromatic nitrogens is 2. The monoisotopic (exact) mass is 237 g/mol. The van der Waals surface area contributed by atoms with Crippen LogP contribution in [0.4, 0.5) is 5.69 Å². The van der Waals surface area contributed by atoms with E-state index in [0.717, 1.165) is 10.2 Å². The summed E-state index contributed by atoms with van der Waals surface area (Å²) in [6, 6.07) is 5.83. The Hall–Kier alpha value is -1.29. The van der Waals surface area contributed by atoms with Crippen LogP contribution in [0.25, 0.3) is 0 Å². The van der Waals surface area contributed by atoms with Crippen LogP contribution in [0.2, 0.25) is 0 Å². The first-order chi connectivity index (χ1) is 6.36. The fraction of sp³-hybridized carbons (Fsp3) is 0. The number of nitrogens with one attached hydrogen (secondary N) is 1. The molecule has 0 saturated heterocycles. The molecule has 2 aromatic rings. The molecule has 66 valence electrons. The summed E-state index contributed by atoms with van der Waals surface area (Å²) in [6.45, 7) is 0. The lowest BCUT2D eigenvalue weighted by Crippen LogP contribution is -2.05. The van der Waals surface area contributed by atoms with Gasteiger partial charge in [-0.1, -0.05) is 0 Å². The molecule has 0 aliphatic carbocycles. The number of anilines is 1. The molecule has 0 atom stereocenters. The van der Waals surface area contributed by atoms with Crippen LogP contribution < -0.4 is 5.43 Å². The molecule has 0 aliphatic heterocycles. The largest absolute Gasteiger partial charge is 0.294 e. The van der Waals surface area contributed by atoms with Gasteiger partial charge in [-0.25, -0.2) is 0 Å². The van der Waals surface area contributed by atoms with E-state index in [9.17, 15) is 0 Å². The molecule has 0 saturated carbocycles. The summed E-state index contributed by atoms with van der Waals surface area (Å²) in [5.41, 5.74) is 4.17. The van der Waals surface area contributed by atoms with Crippen LogP contribution in [0.15, 0.2) is 47.5 Å². The summed E-state index contributed by atoms with van der Waals surface area (Å²) < 4.78 is 2.82. The minimum absolute atomic E-state index is 0.948. The quantitative estimate of drug-likeness (QED) is 0.871. The molecule has 13 heavy (non-hydrogen) atoms. The van der Waals surface area contributed by atoms with E-state index < -0.39 is 0 Å². The van der Waals surface area contributed by atoms with Gasteiger partial charge in [0, 0.05) is 24.8 Å². The molecule has 0 aliphatic rings. The lowest BCUT2D eigenvalue weighted by Gasteiger charge is -2.08. The average Bonchev–Trinajstić information content (AvgIpc) is 2.61. The number of hydrogen-bond acceptors (Lipinski definition) is 2. The second-order valence-corrected chi connectivity index (χ2v) is 3.41. The highest BCUT2D eigenvalue weighted by atomic mass is 79.9. The van der Waals surface area contributed by atoms with Crippen molar-refractivity contribution in [1.82, 2.24) is 9.66 Å². The zero-order chi connectivity index (χ0) is 9.10. The fourth-order valence-electron chi connectivity index (χ4n) is 1.01. The highest BCUT2D eigenvalue weighted by molar-refractivity contribution is 9.10. The maximum Gasteiger partial charge on any atom is 0.0718 e. The molecule has 3 nitrogen and oxygen atoms in total. The molecule has 0 unspecified atom stereocenters. The second-order valence-electron chi connectivity index (χ2n) is 2.56. The number of hydrogen-bond donors (Lipinski definition) is 1. The highest BCUT2D eigenvalue weighted by Crippen LogP contribution is 2.19.